The molecule has 5 unspecified atom stereocenters. The maximum atomic E-state index is 6.54. The first-order valence-electron chi connectivity index (χ1n) is 27.8. The second-order valence-corrected chi connectivity index (χ2v) is 22.7. The van der Waals surface area contributed by atoms with Crippen LogP contribution in [0.3, 0.4) is 0 Å². The number of likely N-dealkylation sites (tertiary alicyclic amines) is 1. The Morgan fingerprint density at radius 2 is 1.41 bits per heavy atom. The molecule has 1 heterocycles. The largest absolute Gasteiger partial charge is 0.379 e. The molecule has 364 valence electrons. The lowest BCUT2D eigenvalue weighted by atomic mass is 9.46. The Bertz CT molecular complexity index is 1300. The maximum absolute atomic E-state index is 6.54. The van der Waals surface area contributed by atoms with Gasteiger partial charge in [0.1, 0.15) is 0 Å². The molecule has 0 aromatic rings. The van der Waals surface area contributed by atoms with Gasteiger partial charge >= 0.3 is 0 Å². The predicted octanol–water partition coefficient (Wildman–Crippen LogP) is 15.4. The normalized spacial score (nSPS) is 32.1. The number of fused-ring (bicyclic) bond motifs is 5. The van der Waals surface area contributed by atoms with Gasteiger partial charge in [-0.05, 0) is 162 Å². The molecular formula is C58H103NO4. The fraction of sp³-hybridized carbons (Fsp3) is 0.897. The molecule has 4 fully saturated rings. The lowest BCUT2D eigenvalue weighted by Crippen LogP contribution is -2.52. The van der Waals surface area contributed by atoms with Crippen molar-refractivity contribution in [3.63, 3.8) is 0 Å². The van der Waals surface area contributed by atoms with Crippen LogP contribution in [0, 0.1) is 52.3 Å². The molecule has 0 spiro atoms. The number of hydrogen-bond donors (Lipinski definition) is 0. The fourth-order valence-corrected chi connectivity index (χ4v) is 13.7. The number of hydrogen-bond acceptors (Lipinski definition) is 5. The molecule has 1 saturated heterocycles. The van der Waals surface area contributed by atoms with Crippen molar-refractivity contribution in [2.24, 2.45) is 52.3 Å². The van der Waals surface area contributed by atoms with Gasteiger partial charge in [0.25, 0.3) is 0 Å². The van der Waals surface area contributed by atoms with Crippen molar-refractivity contribution >= 4 is 0 Å². The molecule has 5 nitrogen and oxygen atoms in total. The van der Waals surface area contributed by atoms with Crippen LogP contribution < -0.4 is 0 Å². The maximum Gasteiger partial charge on any atom is 0.0936 e. The van der Waals surface area contributed by atoms with E-state index in [9.17, 15) is 0 Å². The Morgan fingerprint density at radius 3 is 2.19 bits per heavy atom. The van der Waals surface area contributed by atoms with Crippen molar-refractivity contribution in [3.05, 3.63) is 36.5 Å². The van der Waals surface area contributed by atoms with Gasteiger partial charge in [-0.15, -0.1) is 0 Å². The molecule has 0 aromatic heterocycles. The third-order valence-corrected chi connectivity index (χ3v) is 17.6. The Labute approximate surface area is 391 Å². The predicted molar refractivity (Wildman–Crippen MR) is 268 cm³/mol. The fourth-order valence-electron chi connectivity index (χ4n) is 13.7. The lowest BCUT2D eigenvalue weighted by Gasteiger charge is -2.59. The quantitative estimate of drug-likeness (QED) is 0.0497. The van der Waals surface area contributed by atoms with Gasteiger partial charge < -0.3 is 18.9 Å². The van der Waals surface area contributed by atoms with Gasteiger partial charge in [-0.3, -0.25) is 4.90 Å². The summed E-state index contributed by atoms with van der Waals surface area (Å²) in [7, 11) is 0. The Morgan fingerprint density at radius 1 is 0.683 bits per heavy atom. The smallest absolute Gasteiger partial charge is 0.0936 e. The van der Waals surface area contributed by atoms with E-state index in [4.69, 9.17) is 18.9 Å². The molecule has 0 N–H and O–H groups in total. The molecule has 0 radical (unpaired) electrons. The van der Waals surface area contributed by atoms with Crippen LogP contribution >= 0.6 is 0 Å². The summed E-state index contributed by atoms with van der Waals surface area (Å²) in [6.45, 7) is 23.7. The zero-order valence-electron chi connectivity index (χ0n) is 42.7. The van der Waals surface area contributed by atoms with E-state index < -0.39 is 0 Å². The van der Waals surface area contributed by atoms with Crippen LogP contribution in [0.15, 0.2) is 36.5 Å². The minimum absolute atomic E-state index is 0.103. The average Bonchev–Trinajstić information content (AvgIpc) is 3.63. The van der Waals surface area contributed by atoms with E-state index in [2.05, 4.69) is 89.8 Å². The summed E-state index contributed by atoms with van der Waals surface area (Å²) in [5.41, 5.74) is 0.977. The van der Waals surface area contributed by atoms with Gasteiger partial charge in [-0.1, -0.05) is 142 Å². The molecular weight excluding hydrogens is 775 g/mol. The number of unbranched alkanes of at least 4 members (excludes halogenated alkanes) is 9. The number of allylic oxidation sites excluding steroid dienone is 6. The highest BCUT2D eigenvalue weighted by molar-refractivity contribution is 5.18. The monoisotopic (exact) mass is 878 g/mol. The Kier molecular flexibility index (Phi) is 24.4. The zero-order valence-corrected chi connectivity index (χ0v) is 42.7. The minimum atomic E-state index is 0.103. The third kappa shape index (κ3) is 16.9. The van der Waals surface area contributed by atoms with E-state index >= 15 is 0 Å². The molecule has 0 bridgehead atoms. The van der Waals surface area contributed by atoms with Crippen LogP contribution in [0.25, 0.3) is 0 Å². The molecule has 1 aliphatic heterocycles. The van der Waals surface area contributed by atoms with Crippen molar-refractivity contribution < 1.29 is 18.9 Å². The number of rotatable bonds is 32. The summed E-state index contributed by atoms with van der Waals surface area (Å²) in [5, 5.41) is 0. The van der Waals surface area contributed by atoms with Crippen LogP contribution in [-0.2, 0) is 18.9 Å². The summed E-state index contributed by atoms with van der Waals surface area (Å²) < 4.78 is 25.4. The van der Waals surface area contributed by atoms with E-state index in [0.717, 1.165) is 61.5 Å². The summed E-state index contributed by atoms with van der Waals surface area (Å²) in [4.78, 5) is 2.62. The highest BCUT2D eigenvalue weighted by atomic mass is 16.6. The molecule has 3 saturated carbocycles. The molecule has 5 heteroatoms. The molecule has 0 amide bonds. The molecule has 11 atom stereocenters. The minimum Gasteiger partial charge on any atom is -0.379 e. The SMILES string of the molecule is CCCCC/C=C\C/C=C\CCCCCCCCOCC(CN1CCCC[C@H]1C)OCCOCCO[C@H]1CC[C@@]2(C)C(C=CC3C2CC[C@@]2(C)C3CC[C@@H]2[C@H](C)CCCC(C)C)C1. The molecule has 5 rings (SSSR count). The van der Waals surface area contributed by atoms with Gasteiger partial charge in [0.2, 0.25) is 0 Å². The highest BCUT2D eigenvalue weighted by Gasteiger charge is 2.59. The summed E-state index contributed by atoms with van der Waals surface area (Å²) in [5.74, 6) is 5.83. The van der Waals surface area contributed by atoms with E-state index in [1.165, 1.54) is 154 Å². The van der Waals surface area contributed by atoms with E-state index in [-0.39, 0.29) is 6.10 Å². The van der Waals surface area contributed by atoms with Gasteiger partial charge in [0, 0.05) is 19.2 Å². The van der Waals surface area contributed by atoms with Crippen molar-refractivity contribution in [1.29, 1.82) is 0 Å². The van der Waals surface area contributed by atoms with E-state index in [1.807, 2.05) is 0 Å². The standard InChI is InChI=1S/C58H103NO4/c1-8-9-10-11-12-13-14-15-16-17-18-19-20-21-22-25-39-61-46-52(45-59-38-24-23-29-49(59)5)63-43-41-60-40-42-62-51-34-36-57(6)50(44-51)30-31-53-55-33-32-54(48(4)28-26-27-47(2)3)58(55,7)37-35-56(53)57/h12-13,15-16,30-31,47-56H,8-11,14,17-29,32-46H2,1-7H3/b13-12-,16-15-/t48-,49-,50?,51+,52?,53?,54-,55?,56?,57+,58-/m1/s1. The Hall–Kier alpha value is -0.980. The second-order valence-electron chi connectivity index (χ2n) is 22.7. The van der Waals surface area contributed by atoms with Crippen molar-refractivity contribution in [2.75, 3.05) is 52.7 Å². The lowest BCUT2D eigenvalue weighted by molar-refractivity contribution is -0.0995. The number of nitrogens with zero attached hydrogens (tertiary/aromatic N) is 1. The zero-order chi connectivity index (χ0) is 44.8. The van der Waals surface area contributed by atoms with E-state index in [1.54, 1.807) is 0 Å². The average molecular weight is 878 g/mol. The first-order valence-corrected chi connectivity index (χ1v) is 27.8. The van der Waals surface area contributed by atoms with Crippen LogP contribution in [0.5, 0.6) is 0 Å². The van der Waals surface area contributed by atoms with Gasteiger partial charge in [0.05, 0.1) is 45.2 Å². The van der Waals surface area contributed by atoms with E-state index in [0.29, 0.717) is 61.9 Å². The van der Waals surface area contributed by atoms with Crippen molar-refractivity contribution in [3.8, 4) is 0 Å². The third-order valence-electron chi connectivity index (χ3n) is 17.6. The summed E-state index contributed by atoms with van der Waals surface area (Å²) >= 11 is 0. The van der Waals surface area contributed by atoms with Crippen LogP contribution in [0.1, 0.15) is 209 Å². The van der Waals surface area contributed by atoms with Crippen molar-refractivity contribution in [2.45, 2.75) is 227 Å². The topological polar surface area (TPSA) is 40.2 Å². The highest BCUT2D eigenvalue weighted by Crippen LogP contribution is 2.67. The van der Waals surface area contributed by atoms with Gasteiger partial charge in [-0.2, -0.15) is 0 Å². The molecule has 5 aliphatic rings. The number of ether oxygens (including phenoxy) is 4. The second kappa shape index (κ2) is 29.0. The number of piperidine rings is 1. The molecule has 63 heavy (non-hydrogen) atoms. The van der Waals surface area contributed by atoms with Gasteiger partial charge in [-0.25, -0.2) is 0 Å². The Balaban J connectivity index is 0.924. The summed E-state index contributed by atoms with van der Waals surface area (Å²) in [6.07, 6.45) is 48.3. The summed E-state index contributed by atoms with van der Waals surface area (Å²) in [6, 6.07) is 0.630. The van der Waals surface area contributed by atoms with Crippen molar-refractivity contribution in [1.82, 2.24) is 4.90 Å². The first-order chi connectivity index (χ1) is 30.7. The van der Waals surface area contributed by atoms with Crippen LogP contribution in [0.2, 0.25) is 0 Å². The van der Waals surface area contributed by atoms with Crippen LogP contribution in [-0.4, -0.2) is 75.9 Å². The van der Waals surface area contributed by atoms with Gasteiger partial charge in [0.15, 0.2) is 0 Å². The molecule has 0 aromatic carbocycles. The first kappa shape index (κ1) is 53.0. The van der Waals surface area contributed by atoms with Crippen LogP contribution in [0.4, 0.5) is 0 Å². The molecule has 4 aliphatic carbocycles.